The molecule has 1 aromatic carbocycles. The quantitative estimate of drug-likeness (QED) is 0.317. The summed E-state index contributed by atoms with van der Waals surface area (Å²) in [6.07, 6.45) is -14.8. The average Bonchev–Trinajstić information content (AvgIpc) is 2.51. The summed E-state index contributed by atoms with van der Waals surface area (Å²) >= 11 is 0. The summed E-state index contributed by atoms with van der Waals surface area (Å²) in [5.41, 5.74) is -0.191. The van der Waals surface area contributed by atoms with E-state index >= 15 is 0 Å². The Bertz CT molecular complexity index is 704. The first-order valence-corrected chi connectivity index (χ1v) is 7.07. The van der Waals surface area contributed by atoms with E-state index in [9.17, 15) is 31.1 Å². The summed E-state index contributed by atoms with van der Waals surface area (Å²) in [5, 5.41) is 8.92. The lowest BCUT2D eigenvalue weighted by molar-refractivity contribution is -0.304. The second-order valence-electron chi connectivity index (χ2n) is 5.26. The Labute approximate surface area is 144 Å². The maximum Gasteiger partial charge on any atom is 0.439 e. The van der Waals surface area contributed by atoms with E-state index in [0.29, 0.717) is 0 Å². The van der Waals surface area contributed by atoms with Gasteiger partial charge in [-0.3, -0.25) is 0 Å². The zero-order valence-electron chi connectivity index (χ0n) is 13.5. The van der Waals surface area contributed by atoms with Crippen molar-refractivity contribution in [2.75, 3.05) is 0 Å². The SMILES string of the molecule is CC(C)OC(=O)/C(C#N)=C\c1ccc(OC(F)(F)C(F)C(F)(F)F)cc1. The minimum absolute atomic E-state index is 0.186. The van der Waals surface area contributed by atoms with Gasteiger partial charge in [0.25, 0.3) is 6.17 Å². The normalized spacial score (nSPS) is 13.9. The van der Waals surface area contributed by atoms with Crippen LogP contribution in [0.3, 0.4) is 0 Å². The number of halogens is 6. The van der Waals surface area contributed by atoms with E-state index in [4.69, 9.17) is 10.00 Å². The first-order chi connectivity index (χ1) is 11.9. The second-order valence-corrected chi connectivity index (χ2v) is 5.26. The molecule has 0 fully saturated rings. The zero-order valence-corrected chi connectivity index (χ0v) is 13.5. The van der Waals surface area contributed by atoms with Crippen LogP contribution in [0.5, 0.6) is 5.75 Å². The molecule has 1 aromatic rings. The summed E-state index contributed by atoms with van der Waals surface area (Å²) < 4.78 is 83.8. The topological polar surface area (TPSA) is 59.3 Å². The van der Waals surface area contributed by atoms with Gasteiger partial charge in [0.15, 0.2) is 0 Å². The summed E-state index contributed by atoms with van der Waals surface area (Å²) in [6.45, 7) is 3.14. The number of nitrogens with zero attached hydrogens (tertiary/aromatic N) is 1. The molecule has 1 atom stereocenters. The number of carbonyl (C=O) groups is 1. The van der Waals surface area contributed by atoms with Crippen molar-refractivity contribution in [3.8, 4) is 11.8 Å². The average molecular weight is 381 g/mol. The first-order valence-electron chi connectivity index (χ1n) is 7.07. The molecule has 0 spiro atoms. The van der Waals surface area contributed by atoms with Crippen molar-refractivity contribution in [2.45, 2.75) is 38.4 Å². The van der Waals surface area contributed by atoms with Gasteiger partial charge < -0.3 is 9.47 Å². The largest absolute Gasteiger partial charge is 0.459 e. The molecule has 0 bridgehead atoms. The molecule has 26 heavy (non-hydrogen) atoms. The Morgan fingerprint density at radius 1 is 1.15 bits per heavy atom. The molecule has 142 valence electrons. The number of carbonyl (C=O) groups excluding carboxylic acids is 1. The van der Waals surface area contributed by atoms with Crippen molar-refractivity contribution in [3.05, 3.63) is 35.4 Å². The number of esters is 1. The van der Waals surface area contributed by atoms with Crippen LogP contribution in [0.1, 0.15) is 19.4 Å². The number of alkyl halides is 6. The van der Waals surface area contributed by atoms with Crippen molar-refractivity contribution < 1.29 is 40.6 Å². The molecule has 1 unspecified atom stereocenters. The predicted octanol–water partition coefficient (Wildman–Crippen LogP) is 4.42. The van der Waals surface area contributed by atoms with Gasteiger partial charge in [-0.15, -0.1) is 0 Å². The van der Waals surface area contributed by atoms with Gasteiger partial charge in [0.1, 0.15) is 17.4 Å². The number of rotatable bonds is 6. The molecule has 0 aromatic heterocycles. The fourth-order valence-electron chi connectivity index (χ4n) is 1.61. The summed E-state index contributed by atoms with van der Waals surface area (Å²) in [4.78, 5) is 11.6. The van der Waals surface area contributed by atoms with Gasteiger partial charge in [0.05, 0.1) is 6.10 Å². The Morgan fingerprint density at radius 3 is 2.12 bits per heavy atom. The third-order valence-electron chi connectivity index (χ3n) is 2.71. The number of benzene rings is 1. The van der Waals surface area contributed by atoms with Gasteiger partial charge in [0, 0.05) is 0 Å². The van der Waals surface area contributed by atoms with E-state index in [0.717, 1.165) is 30.3 Å². The van der Waals surface area contributed by atoms with Gasteiger partial charge in [-0.25, -0.2) is 9.18 Å². The highest BCUT2D eigenvalue weighted by molar-refractivity contribution is 5.97. The lowest BCUT2D eigenvalue weighted by Crippen LogP contribution is -2.45. The standard InChI is InChI=1S/C16H13F6NO3/c1-9(2)25-13(24)11(8-23)7-10-3-5-12(6-4-10)26-16(21,22)14(17)15(18,19)20/h3-7,9,14H,1-2H3/b11-7-. The van der Waals surface area contributed by atoms with Crippen LogP contribution in [0, 0.1) is 11.3 Å². The molecule has 0 heterocycles. The number of nitriles is 1. The molecule has 4 nitrogen and oxygen atoms in total. The first kappa shape index (κ1) is 21.3. The molecular formula is C16H13F6NO3. The van der Waals surface area contributed by atoms with Gasteiger partial charge in [-0.1, -0.05) is 12.1 Å². The molecule has 0 aliphatic rings. The summed E-state index contributed by atoms with van der Waals surface area (Å²) in [6, 6.07) is 5.46. The molecule has 0 saturated carbocycles. The van der Waals surface area contributed by atoms with Crippen molar-refractivity contribution in [1.29, 1.82) is 5.26 Å². The Balaban J connectivity index is 2.94. The molecule has 0 aliphatic heterocycles. The van der Waals surface area contributed by atoms with Gasteiger partial charge in [-0.2, -0.15) is 27.2 Å². The van der Waals surface area contributed by atoms with Crippen LogP contribution in [-0.2, 0) is 9.53 Å². The minimum atomic E-state index is -5.79. The van der Waals surface area contributed by atoms with E-state index in [1.54, 1.807) is 19.9 Å². The van der Waals surface area contributed by atoms with Crippen LogP contribution >= 0.6 is 0 Å². The highest BCUT2D eigenvalue weighted by Crippen LogP contribution is 2.36. The van der Waals surface area contributed by atoms with Crippen molar-refractivity contribution in [1.82, 2.24) is 0 Å². The summed E-state index contributed by atoms with van der Waals surface area (Å²) in [7, 11) is 0. The minimum Gasteiger partial charge on any atom is -0.459 e. The number of hydrogen-bond acceptors (Lipinski definition) is 4. The van der Waals surface area contributed by atoms with Crippen LogP contribution in [-0.4, -0.2) is 30.5 Å². The zero-order chi connectivity index (χ0) is 20.1. The Kier molecular flexibility index (Phi) is 6.66. The van der Waals surface area contributed by atoms with Gasteiger partial charge >= 0.3 is 18.3 Å². The smallest absolute Gasteiger partial charge is 0.439 e. The Morgan fingerprint density at radius 2 is 1.69 bits per heavy atom. The van der Waals surface area contributed by atoms with E-state index in [1.165, 1.54) is 0 Å². The maximum absolute atomic E-state index is 13.2. The van der Waals surface area contributed by atoms with E-state index in [1.807, 2.05) is 0 Å². The van der Waals surface area contributed by atoms with Gasteiger partial charge in [-0.05, 0) is 37.6 Å². The van der Waals surface area contributed by atoms with Crippen LogP contribution in [0.2, 0.25) is 0 Å². The van der Waals surface area contributed by atoms with Gasteiger partial charge in [0.2, 0.25) is 0 Å². The van der Waals surface area contributed by atoms with E-state index in [2.05, 4.69) is 4.74 Å². The maximum atomic E-state index is 13.2. The molecule has 0 radical (unpaired) electrons. The number of hydrogen-bond donors (Lipinski definition) is 0. The van der Waals surface area contributed by atoms with Crippen LogP contribution in [0.25, 0.3) is 6.08 Å². The fourth-order valence-corrected chi connectivity index (χ4v) is 1.61. The number of ether oxygens (including phenoxy) is 2. The van der Waals surface area contributed by atoms with Crippen molar-refractivity contribution >= 4 is 12.0 Å². The lowest BCUT2D eigenvalue weighted by Gasteiger charge is -2.23. The molecule has 0 saturated heterocycles. The summed E-state index contributed by atoms with van der Waals surface area (Å²) in [5.74, 6) is -1.64. The fraction of sp³-hybridized carbons (Fsp3) is 0.375. The van der Waals surface area contributed by atoms with Crippen LogP contribution < -0.4 is 4.74 Å². The molecule has 10 heteroatoms. The lowest BCUT2D eigenvalue weighted by atomic mass is 10.1. The van der Waals surface area contributed by atoms with Crippen LogP contribution in [0.15, 0.2) is 29.8 Å². The monoisotopic (exact) mass is 381 g/mol. The highest BCUT2D eigenvalue weighted by Gasteiger charge is 2.59. The molecule has 1 rings (SSSR count). The molecule has 0 aliphatic carbocycles. The Hall–Kier alpha value is -2.70. The van der Waals surface area contributed by atoms with Crippen molar-refractivity contribution in [2.24, 2.45) is 0 Å². The predicted molar refractivity (Wildman–Crippen MR) is 77.8 cm³/mol. The molecule has 0 amide bonds. The van der Waals surface area contributed by atoms with Crippen LogP contribution in [0.4, 0.5) is 26.3 Å². The third kappa shape index (κ3) is 5.98. The third-order valence-corrected chi connectivity index (χ3v) is 2.71. The molecular weight excluding hydrogens is 368 g/mol. The van der Waals surface area contributed by atoms with E-state index in [-0.39, 0.29) is 11.1 Å². The highest BCUT2D eigenvalue weighted by atomic mass is 19.4. The van der Waals surface area contributed by atoms with E-state index < -0.39 is 36.3 Å². The molecule has 0 N–H and O–H groups in total. The van der Waals surface area contributed by atoms with Crippen molar-refractivity contribution in [3.63, 3.8) is 0 Å². The second kappa shape index (κ2) is 8.12.